The number of fused-ring (bicyclic) bond motifs is 1. The van der Waals surface area contributed by atoms with Crippen molar-refractivity contribution in [1.29, 1.82) is 0 Å². The predicted molar refractivity (Wildman–Crippen MR) is 51.4 cm³/mol. The van der Waals surface area contributed by atoms with E-state index in [1.807, 2.05) is 13.0 Å². The molecule has 1 N–H and O–H groups in total. The van der Waals surface area contributed by atoms with Gasteiger partial charge >= 0.3 is 78.6 Å². The Kier molecular flexibility index (Phi) is 1.90. The van der Waals surface area contributed by atoms with Crippen LogP contribution < -0.4 is 4.46 Å². The molecule has 0 saturated carbocycles. The molecule has 0 bridgehead atoms. The summed E-state index contributed by atoms with van der Waals surface area (Å²) < 4.78 is 1.25. The van der Waals surface area contributed by atoms with Gasteiger partial charge in [0.1, 0.15) is 0 Å². The van der Waals surface area contributed by atoms with Crippen LogP contribution in [-0.2, 0) is 6.42 Å². The quantitative estimate of drug-likeness (QED) is 0.664. The molecule has 64 valence electrons. The Morgan fingerprint density at radius 2 is 2.25 bits per heavy atom. The second-order valence-corrected chi connectivity index (χ2v) is 6.39. The monoisotopic (exact) mass is 228 g/mol. The van der Waals surface area contributed by atoms with Crippen molar-refractivity contribution in [3.63, 3.8) is 0 Å². The zero-order valence-corrected chi connectivity index (χ0v) is 9.01. The maximum atomic E-state index is 9.75. The van der Waals surface area contributed by atoms with Crippen molar-refractivity contribution in [3.05, 3.63) is 23.3 Å². The van der Waals surface area contributed by atoms with Gasteiger partial charge in [-0.3, -0.25) is 0 Å². The summed E-state index contributed by atoms with van der Waals surface area (Å²) in [6.45, 7) is 4.23. The van der Waals surface area contributed by atoms with E-state index in [4.69, 9.17) is 0 Å². The molecule has 0 saturated heterocycles. The molecule has 0 fully saturated rings. The van der Waals surface area contributed by atoms with Crippen molar-refractivity contribution in [1.82, 2.24) is 0 Å². The zero-order chi connectivity index (χ0) is 8.72. The number of hydrogen-bond acceptors (Lipinski definition) is 1. The van der Waals surface area contributed by atoms with Crippen molar-refractivity contribution in [3.8, 4) is 5.75 Å². The summed E-state index contributed by atoms with van der Waals surface area (Å²) in [7, 11) is 0. The molecule has 2 heteroatoms. The third kappa shape index (κ3) is 1.16. The van der Waals surface area contributed by atoms with Crippen LogP contribution in [-0.4, -0.2) is 20.1 Å². The van der Waals surface area contributed by atoms with E-state index >= 15 is 0 Å². The molecule has 1 aliphatic rings. The van der Waals surface area contributed by atoms with Crippen LogP contribution in [0, 0.1) is 6.92 Å². The Bertz CT molecular complexity index is 320. The first kappa shape index (κ1) is 8.15. The minimum atomic E-state index is 0.492. The van der Waals surface area contributed by atoms with Crippen LogP contribution in [0.5, 0.6) is 5.75 Å². The van der Waals surface area contributed by atoms with Gasteiger partial charge in [-0.25, -0.2) is 0 Å². The van der Waals surface area contributed by atoms with E-state index in [2.05, 4.69) is 13.0 Å². The summed E-state index contributed by atoms with van der Waals surface area (Å²) in [5.74, 6) is 0.553. The fraction of sp³-hybridized carbons (Fsp3) is 0.400. The van der Waals surface area contributed by atoms with E-state index in [1.54, 1.807) is 0 Å². The molecule has 1 atom stereocenters. The summed E-state index contributed by atoms with van der Waals surface area (Å²) in [6, 6.07) is 4.18. The van der Waals surface area contributed by atoms with E-state index in [0.29, 0.717) is 20.7 Å². The SMILES string of the molecule is Cc1ccc2c(c1O)[Se]C(C)C2. The van der Waals surface area contributed by atoms with Crippen LogP contribution in [0.2, 0.25) is 4.82 Å². The molecule has 1 aromatic rings. The van der Waals surface area contributed by atoms with E-state index in [1.165, 1.54) is 10.0 Å². The van der Waals surface area contributed by atoms with Crippen LogP contribution in [0.25, 0.3) is 0 Å². The number of aromatic hydroxyl groups is 1. The molecule has 0 aliphatic carbocycles. The number of benzene rings is 1. The molecule has 12 heavy (non-hydrogen) atoms. The van der Waals surface area contributed by atoms with Crippen molar-refractivity contribution in [2.24, 2.45) is 0 Å². The molecule has 0 amide bonds. The van der Waals surface area contributed by atoms with Gasteiger partial charge in [0, 0.05) is 0 Å². The number of phenols is 1. The first-order valence-electron chi connectivity index (χ1n) is 4.16. The van der Waals surface area contributed by atoms with Crippen LogP contribution >= 0.6 is 0 Å². The third-order valence-electron chi connectivity index (χ3n) is 2.24. The van der Waals surface area contributed by atoms with E-state index < -0.39 is 0 Å². The van der Waals surface area contributed by atoms with Gasteiger partial charge in [0.25, 0.3) is 0 Å². The first-order valence-corrected chi connectivity index (χ1v) is 6.01. The number of hydrogen-bond donors (Lipinski definition) is 1. The van der Waals surface area contributed by atoms with E-state index in [-0.39, 0.29) is 0 Å². The Labute approximate surface area is 79.0 Å². The fourth-order valence-corrected chi connectivity index (χ4v) is 4.16. The number of phenolic OH excluding ortho intramolecular Hbond substituents is 1. The number of aryl methyl sites for hydroxylation is 1. The summed E-state index contributed by atoms with van der Waals surface area (Å²) in [4.78, 5) is 0.764. The zero-order valence-electron chi connectivity index (χ0n) is 7.29. The predicted octanol–water partition coefficient (Wildman–Crippen LogP) is 1.39. The van der Waals surface area contributed by atoms with Gasteiger partial charge in [-0.2, -0.15) is 0 Å². The Morgan fingerprint density at radius 1 is 1.50 bits per heavy atom. The normalized spacial score (nSPS) is 21.0. The summed E-state index contributed by atoms with van der Waals surface area (Å²) in [5.41, 5.74) is 2.38. The van der Waals surface area contributed by atoms with E-state index in [0.717, 1.165) is 16.8 Å². The van der Waals surface area contributed by atoms with Gasteiger partial charge in [0.2, 0.25) is 0 Å². The van der Waals surface area contributed by atoms with Crippen LogP contribution in [0.3, 0.4) is 0 Å². The minimum absolute atomic E-state index is 0.492. The summed E-state index contributed by atoms with van der Waals surface area (Å²) in [5, 5.41) is 9.75. The van der Waals surface area contributed by atoms with Crippen molar-refractivity contribution < 1.29 is 5.11 Å². The molecule has 0 aromatic heterocycles. The summed E-state index contributed by atoms with van der Waals surface area (Å²) in [6.07, 6.45) is 1.16. The molecule has 1 heterocycles. The van der Waals surface area contributed by atoms with E-state index in [9.17, 15) is 5.11 Å². The van der Waals surface area contributed by atoms with Gasteiger partial charge in [0.05, 0.1) is 0 Å². The van der Waals surface area contributed by atoms with Gasteiger partial charge in [-0.15, -0.1) is 0 Å². The second kappa shape index (κ2) is 2.79. The Hall–Kier alpha value is -0.461. The van der Waals surface area contributed by atoms with Gasteiger partial charge < -0.3 is 0 Å². The van der Waals surface area contributed by atoms with Crippen molar-refractivity contribution >= 4 is 19.4 Å². The molecule has 0 spiro atoms. The fourth-order valence-electron chi connectivity index (χ4n) is 1.56. The third-order valence-corrected chi connectivity index (χ3v) is 4.89. The van der Waals surface area contributed by atoms with Crippen LogP contribution in [0.4, 0.5) is 0 Å². The van der Waals surface area contributed by atoms with Gasteiger partial charge in [-0.1, -0.05) is 0 Å². The molecule has 1 aromatic carbocycles. The molecular formula is C10H12OSe. The number of rotatable bonds is 0. The van der Waals surface area contributed by atoms with Gasteiger partial charge in [-0.05, 0) is 0 Å². The molecule has 1 aliphatic heterocycles. The molecule has 1 unspecified atom stereocenters. The second-order valence-electron chi connectivity index (χ2n) is 3.35. The summed E-state index contributed by atoms with van der Waals surface area (Å²) >= 11 is 0.492. The molecular weight excluding hydrogens is 215 g/mol. The van der Waals surface area contributed by atoms with Crippen molar-refractivity contribution in [2.75, 3.05) is 0 Å². The van der Waals surface area contributed by atoms with Gasteiger partial charge in [0.15, 0.2) is 0 Å². The van der Waals surface area contributed by atoms with Crippen LogP contribution in [0.15, 0.2) is 12.1 Å². The standard InChI is InChI=1S/C10H12OSe/c1-6-3-4-8-5-7(2)12-10(8)9(6)11/h3-4,7,11H,5H2,1-2H3. The maximum absolute atomic E-state index is 9.75. The average Bonchev–Trinajstić information content (AvgIpc) is 2.39. The average molecular weight is 227 g/mol. The Morgan fingerprint density at radius 3 is 3.00 bits per heavy atom. The Balaban J connectivity index is 2.54. The van der Waals surface area contributed by atoms with Crippen LogP contribution in [0.1, 0.15) is 18.1 Å². The molecule has 0 radical (unpaired) electrons. The molecule has 1 nitrogen and oxygen atoms in total. The topological polar surface area (TPSA) is 20.2 Å². The molecule has 2 rings (SSSR count). The first-order chi connectivity index (χ1) is 5.68. The van der Waals surface area contributed by atoms with Crippen molar-refractivity contribution in [2.45, 2.75) is 25.1 Å².